The number of aliphatic carboxylic acids is 1. The van der Waals surface area contributed by atoms with E-state index in [0.29, 0.717) is 12.8 Å². The van der Waals surface area contributed by atoms with Crippen LogP contribution in [0.4, 0.5) is 4.79 Å². The van der Waals surface area contributed by atoms with E-state index in [1.54, 1.807) is 0 Å². The first kappa shape index (κ1) is 26.3. The van der Waals surface area contributed by atoms with Crippen LogP contribution in [-0.2, 0) is 14.3 Å². The lowest BCUT2D eigenvalue weighted by Gasteiger charge is -2.33. The van der Waals surface area contributed by atoms with Crippen molar-refractivity contribution >= 4 is 18.0 Å². The highest BCUT2D eigenvalue weighted by molar-refractivity contribution is 5.84. The van der Waals surface area contributed by atoms with Crippen LogP contribution in [0, 0.1) is 11.3 Å². The van der Waals surface area contributed by atoms with E-state index in [9.17, 15) is 19.5 Å². The van der Waals surface area contributed by atoms with Crippen molar-refractivity contribution in [2.45, 2.75) is 58.9 Å². The number of carboxylic acids is 1. The van der Waals surface area contributed by atoms with Crippen LogP contribution >= 0.6 is 0 Å². The van der Waals surface area contributed by atoms with Crippen molar-refractivity contribution in [1.82, 2.24) is 10.6 Å². The van der Waals surface area contributed by atoms with Crippen LogP contribution in [0.2, 0.25) is 0 Å². The highest BCUT2D eigenvalue weighted by atomic mass is 16.5. The lowest BCUT2D eigenvalue weighted by Crippen LogP contribution is -2.52. The Morgan fingerprint density at radius 3 is 2.00 bits per heavy atom. The topological polar surface area (TPSA) is 105 Å². The molecule has 7 heteroatoms. The molecule has 0 aliphatic heterocycles. The summed E-state index contributed by atoms with van der Waals surface area (Å²) in [5, 5.41) is 14.9. The average molecular weight is 481 g/mol. The Hall–Kier alpha value is -3.35. The number of alkyl carbamates (subject to hydrolysis) is 1. The normalized spacial score (nSPS) is 13.6. The monoisotopic (exact) mass is 480 g/mol. The van der Waals surface area contributed by atoms with E-state index in [1.807, 2.05) is 52.0 Å². The number of carboxylic acid groups (broad SMARTS) is 1. The van der Waals surface area contributed by atoms with E-state index >= 15 is 0 Å². The highest BCUT2D eigenvalue weighted by Gasteiger charge is 2.37. The zero-order valence-electron chi connectivity index (χ0n) is 21.0. The molecular weight excluding hydrogens is 444 g/mol. The van der Waals surface area contributed by atoms with Gasteiger partial charge in [0.05, 0.1) is 11.8 Å². The lowest BCUT2D eigenvalue weighted by atomic mass is 9.80. The summed E-state index contributed by atoms with van der Waals surface area (Å²) in [4.78, 5) is 37.0. The molecule has 0 bridgehead atoms. The predicted octanol–water partition coefficient (Wildman–Crippen LogP) is 4.95. The van der Waals surface area contributed by atoms with E-state index in [-0.39, 0.29) is 37.3 Å². The van der Waals surface area contributed by atoms with Gasteiger partial charge in [0.2, 0.25) is 5.91 Å². The zero-order chi connectivity index (χ0) is 25.6. The van der Waals surface area contributed by atoms with Crippen LogP contribution in [0.15, 0.2) is 48.5 Å². The Labute approximate surface area is 207 Å². The summed E-state index contributed by atoms with van der Waals surface area (Å²) in [5.74, 6) is -1.28. The molecule has 2 aromatic rings. The van der Waals surface area contributed by atoms with Crippen molar-refractivity contribution < 1.29 is 24.2 Å². The number of rotatable bonds is 11. The average Bonchev–Trinajstić information content (AvgIpc) is 3.16. The van der Waals surface area contributed by atoms with Gasteiger partial charge in [0.1, 0.15) is 6.61 Å². The van der Waals surface area contributed by atoms with Crippen molar-refractivity contribution in [2.75, 3.05) is 13.2 Å². The van der Waals surface area contributed by atoms with E-state index in [1.165, 1.54) is 0 Å². The number of nitrogens with one attached hydrogen (secondary N) is 2. The van der Waals surface area contributed by atoms with Crippen LogP contribution in [0.5, 0.6) is 0 Å². The molecule has 1 aliphatic rings. The van der Waals surface area contributed by atoms with Crippen molar-refractivity contribution in [1.29, 1.82) is 0 Å². The summed E-state index contributed by atoms with van der Waals surface area (Å²) in [6.07, 6.45) is 0.275. The summed E-state index contributed by atoms with van der Waals surface area (Å²) in [7, 11) is 0. The Morgan fingerprint density at radius 2 is 1.51 bits per heavy atom. The second kappa shape index (κ2) is 11.4. The number of ether oxygens (including phenoxy) is 1. The van der Waals surface area contributed by atoms with Crippen molar-refractivity contribution in [3.8, 4) is 11.1 Å². The van der Waals surface area contributed by atoms with Crippen LogP contribution in [-0.4, -0.2) is 42.3 Å². The standard InChI is InChI=1S/C28H36N2O5/c1-5-28(6-2,26(33)30-24(18(3)4)15-25(31)32)17-29-27(34)35-16-23-21-13-9-7-11-19(21)20-12-8-10-14-22(20)23/h7-14,18,23-24H,5-6,15-17H2,1-4H3,(H,29,34)(H,30,33)(H,31,32). The Kier molecular flexibility index (Phi) is 8.54. The van der Waals surface area contributed by atoms with Gasteiger partial charge in [-0.05, 0) is 41.0 Å². The first-order chi connectivity index (χ1) is 16.7. The molecule has 0 radical (unpaired) electrons. The van der Waals surface area contributed by atoms with E-state index in [4.69, 9.17) is 4.74 Å². The second-order valence-corrected chi connectivity index (χ2v) is 9.59. The van der Waals surface area contributed by atoms with Gasteiger partial charge in [0, 0.05) is 18.5 Å². The van der Waals surface area contributed by atoms with Gasteiger partial charge in [-0.25, -0.2) is 4.79 Å². The first-order valence-electron chi connectivity index (χ1n) is 12.3. The molecule has 0 heterocycles. The fraction of sp³-hybridized carbons (Fsp3) is 0.464. The molecule has 3 N–H and O–H groups in total. The molecule has 188 valence electrons. The third kappa shape index (κ3) is 5.84. The van der Waals surface area contributed by atoms with Gasteiger partial charge in [-0.15, -0.1) is 0 Å². The molecule has 0 aromatic heterocycles. The Balaban J connectivity index is 1.63. The Bertz CT molecular complexity index is 1020. The number of carbonyl (C=O) groups is 3. The van der Waals surface area contributed by atoms with Crippen LogP contribution < -0.4 is 10.6 Å². The van der Waals surface area contributed by atoms with E-state index < -0.39 is 23.5 Å². The molecule has 2 amide bonds. The number of amides is 2. The zero-order valence-corrected chi connectivity index (χ0v) is 21.0. The molecule has 0 fully saturated rings. The quantitative estimate of drug-likeness (QED) is 0.422. The number of hydrogen-bond acceptors (Lipinski definition) is 4. The smallest absolute Gasteiger partial charge is 0.407 e. The summed E-state index contributed by atoms with van der Waals surface area (Å²) in [6.45, 7) is 7.85. The molecule has 0 spiro atoms. The number of fused-ring (bicyclic) bond motifs is 3. The number of benzene rings is 2. The molecule has 1 aliphatic carbocycles. The fourth-order valence-corrected chi connectivity index (χ4v) is 4.76. The first-order valence-corrected chi connectivity index (χ1v) is 12.3. The van der Waals surface area contributed by atoms with E-state index in [2.05, 4.69) is 34.9 Å². The molecule has 0 saturated carbocycles. The minimum Gasteiger partial charge on any atom is -0.481 e. The molecule has 3 rings (SSSR count). The summed E-state index contributed by atoms with van der Waals surface area (Å²) in [5.41, 5.74) is 3.74. The lowest BCUT2D eigenvalue weighted by molar-refractivity contribution is -0.138. The third-order valence-electron chi connectivity index (χ3n) is 7.27. The van der Waals surface area contributed by atoms with Gasteiger partial charge in [0.15, 0.2) is 0 Å². The highest BCUT2D eigenvalue weighted by Crippen LogP contribution is 2.44. The number of hydrogen-bond donors (Lipinski definition) is 3. The minimum atomic E-state index is -0.959. The van der Waals surface area contributed by atoms with Gasteiger partial charge in [-0.1, -0.05) is 76.2 Å². The summed E-state index contributed by atoms with van der Waals surface area (Å²) < 4.78 is 5.62. The maximum Gasteiger partial charge on any atom is 0.407 e. The summed E-state index contributed by atoms with van der Waals surface area (Å²) in [6, 6.07) is 15.8. The molecule has 1 unspecified atom stereocenters. The van der Waals surface area contributed by atoms with Gasteiger partial charge in [-0.3, -0.25) is 9.59 Å². The van der Waals surface area contributed by atoms with Crippen molar-refractivity contribution in [2.24, 2.45) is 11.3 Å². The molecule has 35 heavy (non-hydrogen) atoms. The van der Waals surface area contributed by atoms with E-state index in [0.717, 1.165) is 22.3 Å². The summed E-state index contributed by atoms with van der Waals surface area (Å²) >= 11 is 0. The minimum absolute atomic E-state index is 0.0310. The molecule has 7 nitrogen and oxygen atoms in total. The van der Waals surface area contributed by atoms with Crippen molar-refractivity contribution in [3.05, 3.63) is 59.7 Å². The third-order valence-corrected chi connectivity index (χ3v) is 7.27. The van der Waals surface area contributed by atoms with Crippen LogP contribution in [0.3, 0.4) is 0 Å². The molecular formula is C28H36N2O5. The van der Waals surface area contributed by atoms with Crippen LogP contribution in [0.25, 0.3) is 11.1 Å². The van der Waals surface area contributed by atoms with Gasteiger partial charge >= 0.3 is 12.1 Å². The Morgan fingerprint density at radius 1 is 0.971 bits per heavy atom. The predicted molar refractivity (Wildman–Crippen MR) is 135 cm³/mol. The number of carbonyl (C=O) groups excluding carboxylic acids is 2. The van der Waals surface area contributed by atoms with Gasteiger partial charge in [-0.2, -0.15) is 0 Å². The SMILES string of the molecule is CCC(CC)(CNC(=O)OCC1c2ccccc2-c2ccccc21)C(=O)NC(CC(=O)O)C(C)C. The fourth-order valence-electron chi connectivity index (χ4n) is 4.76. The maximum atomic E-state index is 13.2. The van der Waals surface area contributed by atoms with Crippen molar-refractivity contribution in [3.63, 3.8) is 0 Å². The largest absolute Gasteiger partial charge is 0.481 e. The molecule has 2 aromatic carbocycles. The van der Waals surface area contributed by atoms with Crippen LogP contribution in [0.1, 0.15) is 64.0 Å². The maximum absolute atomic E-state index is 13.2. The second-order valence-electron chi connectivity index (χ2n) is 9.59. The molecule has 0 saturated heterocycles. The van der Waals surface area contributed by atoms with Gasteiger partial charge < -0.3 is 20.5 Å². The van der Waals surface area contributed by atoms with Gasteiger partial charge in [0.25, 0.3) is 0 Å². The molecule has 1 atom stereocenters.